The number of aromatic nitrogens is 5. The molecule has 2 saturated carbocycles. The van der Waals surface area contributed by atoms with Crippen molar-refractivity contribution >= 4 is 28.7 Å². The number of hydrogen-bond donors (Lipinski definition) is 4. The molecule has 0 aliphatic heterocycles. The quantitative estimate of drug-likeness (QED) is 0.228. The molecule has 194 valence electrons. The molecule has 36 heavy (non-hydrogen) atoms. The third kappa shape index (κ3) is 4.92. The highest BCUT2D eigenvalue weighted by Gasteiger charge is 2.45. The lowest BCUT2D eigenvalue weighted by molar-refractivity contribution is -0.0629. The van der Waals surface area contributed by atoms with Crippen LogP contribution in [0.3, 0.4) is 0 Å². The molecule has 0 spiro atoms. The van der Waals surface area contributed by atoms with E-state index < -0.39 is 85.3 Å². The van der Waals surface area contributed by atoms with Crippen LogP contribution in [0, 0.1) is 12.7 Å². The van der Waals surface area contributed by atoms with Gasteiger partial charge in [-0.05, 0) is 36.9 Å². The Morgan fingerprint density at radius 2 is 2.22 bits per heavy atom. The normalized spacial score (nSPS) is 44.4. The zero-order valence-electron chi connectivity index (χ0n) is 31.2. The molecule has 2 heterocycles. The maximum atomic E-state index is 14.7. The molecular formula is C24H31FN6O4S. The number of hydrogen-bond acceptors (Lipinski definition) is 10. The summed E-state index contributed by atoms with van der Waals surface area (Å²) in [5.74, 6) is -2.56. The van der Waals surface area contributed by atoms with Crippen molar-refractivity contribution in [3.8, 4) is 0 Å². The first-order valence-corrected chi connectivity index (χ1v) is 11.9. The first kappa shape index (κ1) is 14.5. The molecule has 0 bridgehead atoms. The molecule has 0 unspecified atom stereocenters. The SMILES string of the molecule is [2H]c1c([2H])c([C@]2([2H])C[C@H]2Nc2nc(SCCC)nc3c2nnn3[C@]2([2H])C([2H])([2H])[C@]([2H])(OCC([2H])([2H])O)[C@@]([2H])(O)[C@@]2([2H])O)c([2H])c(F)c1C. The monoisotopic (exact) mass is 530 g/mol. The van der Waals surface area contributed by atoms with Crippen molar-refractivity contribution in [3.05, 3.63) is 35.1 Å². The predicted molar refractivity (Wildman–Crippen MR) is 133 cm³/mol. The van der Waals surface area contributed by atoms with Crippen molar-refractivity contribution in [2.24, 2.45) is 0 Å². The van der Waals surface area contributed by atoms with E-state index in [-0.39, 0.29) is 38.7 Å². The van der Waals surface area contributed by atoms with Crippen LogP contribution in [-0.2, 0) is 4.74 Å². The second-order valence-electron chi connectivity index (χ2n) is 7.94. The molecule has 2 aliphatic carbocycles. The van der Waals surface area contributed by atoms with Gasteiger partial charge in [0.2, 0.25) is 0 Å². The largest absolute Gasteiger partial charge is 0.394 e. The van der Waals surface area contributed by atoms with Gasteiger partial charge >= 0.3 is 0 Å². The van der Waals surface area contributed by atoms with E-state index >= 15 is 0 Å². The smallest absolute Gasteiger partial charge is 0.191 e. The first-order chi connectivity index (χ1) is 21.9. The fraction of sp³-hybridized carbons (Fsp3) is 0.583. The van der Waals surface area contributed by atoms with Crippen molar-refractivity contribution in [2.45, 2.75) is 74.4 Å². The Balaban J connectivity index is 1.64. The third-order valence-electron chi connectivity index (χ3n) is 5.36. The molecule has 6 atom stereocenters. The number of thioether (sulfide) groups is 1. The minimum absolute atomic E-state index is 0.0394. The topological polar surface area (TPSA) is 138 Å². The highest BCUT2D eigenvalue weighted by molar-refractivity contribution is 7.99. The number of fused-ring (bicyclic) bond motifs is 1. The Labute approximate surface area is 229 Å². The van der Waals surface area contributed by atoms with Crippen LogP contribution in [-0.4, -0.2) is 83.5 Å². The standard InChI is InChI=1S/C24H31FN6O4S/c1-3-8-36-24-27-22(26-16-10-14(16)13-5-4-12(2)15(25)9-13)19-23(28-24)31(30-29-19)17-11-18(35-7-6-32)21(34)20(17)33/h4-5,9,14,16-18,20-21,32-34H,3,6-8,10-11H2,1-2H3,(H,26,27,28)/t14-,16+,17+,18-,20-,21+/m0/s1/i4D,5D,6D2,9D,11D2,14D,17D,18D,20D,21D. The molecule has 5 rings (SSSR count). The van der Waals surface area contributed by atoms with Crippen molar-refractivity contribution in [2.75, 3.05) is 24.2 Å². The average molecular weight is 531 g/mol. The maximum Gasteiger partial charge on any atom is 0.191 e. The van der Waals surface area contributed by atoms with Gasteiger partial charge in [0.25, 0.3) is 0 Å². The summed E-state index contributed by atoms with van der Waals surface area (Å²) in [6.07, 6.45) is -15.1. The number of halogens is 1. The van der Waals surface area contributed by atoms with Gasteiger partial charge in [0, 0.05) is 28.2 Å². The summed E-state index contributed by atoms with van der Waals surface area (Å²) in [6, 6.07) is -6.30. The second kappa shape index (κ2) is 10.5. The van der Waals surface area contributed by atoms with E-state index in [0.717, 1.165) is 11.8 Å². The van der Waals surface area contributed by atoms with Gasteiger partial charge in [-0.15, -0.1) is 5.10 Å². The molecule has 1 aromatic carbocycles. The zero-order chi connectivity index (χ0) is 36.2. The van der Waals surface area contributed by atoms with Crippen LogP contribution in [0.25, 0.3) is 11.2 Å². The average Bonchev–Trinajstić information content (AvgIpc) is 3.41. The summed E-state index contributed by atoms with van der Waals surface area (Å²) in [7, 11) is 0. The Bertz CT molecular complexity index is 1770. The number of nitrogens with zero attached hydrogens (tertiary/aromatic N) is 5. The zero-order valence-corrected chi connectivity index (χ0v) is 20.0. The van der Waals surface area contributed by atoms with Crippen molar-refractivity contribution < 1.29 is 40.9 Å². The Morgan fingerprint density at radius 1 is 1.39 bits per heavy atom. The molecule has 0 saturated heterocycles. The number of anilines is 1. The highest BCUT2D eigenvalue weighted by atomic mass is 32.2. The van der Waals surface area contributed by atoms with Crippen LogP contribution < -0.4 is 5.32 Å². The van der Waals surface area contributed by atoms with Crippen molar-refractivity contribution in [1.29, 1.82) is 0 Å². The summed E-state index contributed by atoms with van der Waals surface area (Å²) in [6.45, 7) is -1.62. The van der Waals surface area contributed by atoms with Gasteiger partial charge in [-0.2, -0.15) is 0 Å². The molecule has 2 aliphatic rings. The summed E-state index contributed by atoms with van der Waals surface area (Å²) >= 11 is 1.07. The molecule has 4 N–H and O–H groups in total. The summed E-state index contributed by atoms with van der Waals surface area (Å²) in [5, 5.41) is 42.1. The number of ether oxygens (including phenoxy) is 1. The summed E-state index contributed by atoms with van der Waals surface area (Å²) in [5.41, 5.74) is -1.42. The van der Waals surface area contributed by atoms with E-state index in [1.54, 1.807) is 0 Å². The Hall–Kier alpha value is -2.38. The van der Waals surface area contributed by atoms with E-state index in [0.29, 0.717) is 12.2 Å². The Kier molecular flexibility index (Phi) is 4.25. The van der Waals surface area contributed by atoms with Gasteiger partial charge in [-0.1, -0.05) is 36.0 Å². The molecular weight excluding hydrogens is 487 g/mol. The lowest BCUT2D eigenvalue weighted by Gasteiger charge is -2.17. The van der Waals surface area contributed by atoms with Gasteiger partial charge in [-0.3, -0.25) is 0 Å². The molecule has 12 heteroatoms. The van der Waals surface area contributed by atoms with E-state index in [4.69, 9.17) is 21.2 Å². The van der Waals surface area contributed by atoms with Crippen LogP contribution >= 0.6 is 11.8 Å². The number of rotatable bonds is 10. The van der Waals surface area contributed by atoms with Gasteiger partial charge in [0.1, 0.15) is 18.0 Å². The molecule has 0 amide bonds. The van der Waals surface area contributed by atoms with Gasteiger partial charge in [-0.25, -0.2) is 19.0 Å². The molecule has 0 radical (unpaired) electrons. The first-order valence-electron chi connectivity index (χ1n) is 17.0. The van der Waals surface area contributed by atoms with Crippen LogP contribution in [0.4, 0.5) is 10.2 Å². The maximum absolute atomic E-state index is 14.7. The van der Waals surface area contributed by atoms with Gasteiger partial charge in [0.15, 0.2) is 22.1 Å². The van der Waals surface area contributed by atoms with Crippen molar-refractivity contribution in [1.82, 2.24) is 25.0 Å². The lowest BCUT2D eigenvalue weighted by atomic mass is 10.1. The number of aliphatic hydroxyl groups is 3. The Morgan fingerprint density at radius 3 is 3.00 bits per heavy atom. The highest BCUT2D eigenvalue weighted by Crippen LogP contribution is 2.44. The fourth-order valence-electron chi connectivity index (χ4n) is 3.46. The fourth-order valence-corrected chi connectivity index (χ4v) is 4.15. The van der Waals surface area contributed by atoms with E-state index in [1.165, 1.54) is 6.92 Å². The summed E-state index contributed by atoms with van der Waals surface area (Å²) < 4.78 is 120. The lowest BCUT2D eigenvalue weighted by Crippen LogP contribution is -2.33. The van der Waals surface area contributed by atoms with Crippen LogP contribution in [0.5, 0.6) is 0 Å². The minimum atomic E-state index is -4.02. The van der Waals surface area contributed by atoms with Crippen LogP contribution in [0.15, 0.2) is 23.3 Å². The van der Waals surface area contributed by atoms with Crippen LogP contribution in [0.2, 0.25) is 0 Å². The van der Waals surface area contributed by atoms with E-state index in [2.05, 4.69) is 25.6 Å². The minimum Gasteiger partial charge on any atom is -0.394 e. The van der Waals surface area contributed by atoms with Crippen molar-refractivity contribution in [3.63, 3.8) is 0 Å². The molecule has 2 fully saturated rings. The third-order valence-corrected chi connectivity index (χ3v) is 6.41. The van der Waals surface area contributed by atoms with E-state index in [1.807, 2.05) is 6.92 Å². The number of nitrogens with one attached hydrogen (secondary N) is 1. The molecule has 3 aromatic rings. The van der Waals surface area contributed by atoms with Crippen LogP contribution in [0.1, 0.15) is 65.6 Å². The summed E-state index contributed by atoms with van der Waals surface area (Å²) in [4.78, 5) is 8.64. The van der Waals surface area contributed by atoms with Gasteiger partial charge in [0.05, 0.1) is 37.6 Å². The molecule has 10 nitrogen and oxygen atoms in total. The predicted octanol–water partition coefficient (Wildman–Crippen LogP) is 2.18. The second-order valence-corrected chi connectivity index (χ2v) is 9.00. The molecule has 2 aromatic heterocycles. The van der Waals surface area contributed by atoms with E-state index in [9.17, 15) is 19.7 Å². The number of benzene rings is 1. The van der Waals surface area contributed by atoms with Gasteiger partial charge < -0.3 is 25.4 Å².